The molecule has 0 aromatic heterocycles. The van der Waals surface area contributed by atoms with Gasteiger partial charge in [-0.1, -0.05) is 18.2 Å². The van der Waals surface area contributed by atoms with Gasteiger partial charge in [-0.05, 0) is 24.3 Å². The molecule has 0 aliphatic carbocycles. The van der Waals surface area contributed by atoms with E-state index in [0.29, 0.717) is 11.4 Å². The average Bonchev–Trinajstić information content (AvgIpc) is 2.39. The van der Waals surface area contributed by atoms with Crippen LogP contribution in [0.2, 0.25) is 0 Å². The van der Waals surface area contributed by atoms with Crippen LogP contribution in [0.3, 0.4) is 0 Å². The van der Waals surface area contributed by atoms with Crippen LogP contribution in [-0.4, -0.2) is 17.0 Å². The lowest BCUT2D eigenvalue weighted by Gasteiger charge is -2.08. The summed E-state index contributed by atoms with van der Waals surface area (Å²) in [5, 5.41) is 12.3. The zero-order valence-corrected chi connectivity index (χ0v) is 10.8. The van der Waals surface area contributed by atoms with Crippen LogP contribution in [0.5, 0.6) is 11.5 Å². The topological polar surface area (TPSA) is 75.6 Å². The first-order chi connectivity index (χ1) is 9.56. The van der Waals surface area contributed by atoms with E-state index in [4.69, 9.17) is 4.74 Å². The summed E-state index contributed by atoms with van der Waals surface area (Å²) in [5.74, 6) is -0.785. The monoisotopic (exact) mass is 271 g/mol. The van der Waals surface area contributed by atoms with E-state index >= 15 is 0 Å². The second-order valence-corrected chi connectivity index (χ2v) is 4.12. The summed E-state index contributed by atoms with van der Waals surface area (Å²) in [6.07, 6.45) is 0. The Hall–Kier alpha value is -2.82. The van der Waals surface area contributed by atoms with Crippen molar-refractivity contribution in [1.29, 1.82) is 0 Å². The molecule has 5 heteroatoms. The van der Waals surface area contributed by atoms with Gasteiger partial charge in [0.05, 0.1) is 0 Å². The number of anilines is 1. The SMILES string of the molecule is CC(=O)Nc1ccc(C(=O)Oc2ccccc2)c(O)c1. The predicted molar refractivity (Wildman–Crippen MR) is 73.8 cm³/mol. The maximum absolute atomic E-state index is 11.9. The molecule has 0 fully saturated rings. The second kappa shape index (κ2) is 5.88. The Labute approximate surface area is 115 Å². The van der Waals surface area contributed by atoms with E-state index in [1.807, 2.05) is 0 Å². The number of carbonyl (C=O) groups excluding carboxylic acids is 2. The molecule has 0 aliphatic rings. The molecule has 102 valence electrons. The number of rotatable bonds is 3. The number of amides is 1. The number of hydrogen-bond acceptors (Lipinski definition) is 4. The van der Waals surface area contributed by atoms with Crippen molar-refractivity contribution in [3.8, 4) is 11.5 Å². The predicted octanol–water partition coefficient (Wildman–Crippen LogP) is 2.57. The van der Waals surface area contributed by atoms with Crippen molar-refractivity contribution in [3.63, 3.8) is 0 Å². The van der Waals surface area contributed by atoms with Crippen molar-refractivity contribution >= 4 is 17.6 Å². The fourth-order valence-electron chi connectivity index (χ4n) is 1.64. The molecule has 0 aliphatic heterocycles. The second-order valence-electron chi connectivity index (χ2n) is 4.12. The summed E-state index contributed by atoms with van der Waals surface area (Å²) in [6.45, 7) is 1.36. The van der Waals surface area contributed by atoms with E-state index < -0.39 is 5.97 Å². The molecule has 2 aromatic rings. The van der Waals surface area contributed by atoms with E-state index in [0.717, 1.165) is 0 Å². The molecule has 20 heavy (non-hydrogen) atoms. The smallest absolute Gasteiger partial charge is 0.347 e. The van der Waals surface area contributed by atoms with E-state index in [2.05, 4.69) is 5.32 Å². The highest BCUT2D eigenvalue weighted by Crippen LogP contribution is 2.23. The molecule has 0 unspecified atom stereocenters. The van der Waals surface area contributed by atoms with Gasteiger partial charge in [-0.15, -0.1) is 0 Å². The zero-order valence-electron chi connectivity index (χ0n) is 10.8. The summed E-state index contributed by atoms with van der Waals surface area (Å²) >= 11 is 0. The molecule has 2 N–H and O–H groups in total. The van der Waals surface area contributed by atoms with Crippen molar-refractivity contribution in [2.75, 3.05) is 5.32 Å². The van der Waals surface area contributed by atoms with Gasteiger partial charge < -0.3 is 15.2 Å². The molecule has 0 saturated heterocycles. The Morgan fingerprint density at radius 1 is 1.10 bits per heavy atom. The molecule has 0 bridgehead atoms. The van der Waals surface area contributed by atoms with Crippen molar-refractivity contribution in [3.05, 3.63) is 54.1 Å². The van der Waals surface area contributed by atoms with Crippen LogP contribution in [0, 0.1) is 0 Å². The Morgan fingerprint density at radius 2 is 1.80 bits per heavy atom. The number of phenols is 1. The summed E-state index contributed by atoms with van der Waals surface area (Å²) < 4.78 is 5.12. The molecule has 2 aromatic carbocycles. The average molecular weight is 271 g/mol. The largest absolute Gasteiger partial charge is 0.507 e. The highest BCUT2D eigenvalue weighted by atomic mass is 16.5. The Bertz CT molecular complexity index is 638. The number of nitrogens with one attached hydrogen (secondary N) is 1. The van der Waals surface area contributed by atoms with E-state index in [1.54, 1.807) is 30.3 Å². The fourth-order valence-corrected chi connectivity index (χ4v) is 1.64. The summed E-state index contributed by atoms with van der Waals surface area (Å²) in [6, 6.07) is 12.8. The minimum Gasteiger partial charge on any atom is -0.507 e. The first-order valence-electron chi connectivity index (χ1n) is 5.94. The van der Waals surface area contributed by atoms with Gasteiger partial charge >= 0.3 is 5.97 Å². The third kappa shape index (κ3) is 3.35. The highest BCUT2D eigenvalue weighted by Gasteiger charge is 2.14. The molecular weight excluding hydrogens is 258 g/mol. The Kier molecular flexibility index (Phi) is 4.00. The molecule has 5 nitrogen and oxygen atoms in total. The molecular formula is C15H13NO4. The number of para-hydroxylation sites is 1. The quantitative estimate of drug-likeness (QED) is 0.664. The maximum Gasteiger partial charge on any atom is 0.347 e. The number of aromatic hydroxyl groups is 1. The van der Waals surface area contributed by atoms with Crippen molar-refractivity contribution in [1.82, 2.24) is 0 Å². The van der Waals surface area contributed by atoms with Gasteiger partial charge in [-0.3, -0.25) is 4.79 Å². The van der Waals surface area contributed by atoms with Gasteiger partial charge in [0.15, 0.2) is 0 Å². The van der Waals surface area contributed by atoms with Crippen molar-refractivity contribution in [2.24, 2.45) is 0 Å². The molecule has 0 radical (unpaired) electrons. The zero-order chi connectivity index (χ0) is 14.5. The van der Waals surface area contributed by atoms with E-state index in [9.17, 15) is 14.7 Å². The summed E-state index contributed by atoms with van der Waals surface area (Å²) in [5.41, 5.74) is 0.439. The minimum atomic E-state index is -0.664. The van der Waals surface area contributed by atoms with Gasteiger partial charge in [0, 0.05) is 18.7 Å². The third-order valence-corrected chi connectivity index (χ3v) is 2.49. The van der Waals surface area contributed by atoms with Crippen molar-refractivity contribution in [2.45, 2.75) is 6.92 Å². The minimum absolute atomic E-state index is 0.0305. The normalized spacial score (nSPS) is 9.85. The molecule has 0 atom stereocenters. The number of phenolic OH excluding ortho intramolecular Hbond substituents is 1. The number of esters is 1. The van der Waals surface area contributed by atoms with Crippen LogP contribution >= 0.6 is 0 Å². The van der Waals surface area contributed by atoms with Gasteiger partial charge in [-0.2, -0.15) is 0 Å². The fraction of sp³-hybridized carbons (Fsp3) is 0.0667. The summed E-state index contributed by atoms with van der Waals surface area (Å²) in [4.78, 5) is 22.8. The van der Waals surface area contributed by atoms with Crippen LogP contribution in [0.4, 0.5) is 5.69 Å². The standard InChI is InChI=1S/C15H13NO4/c1-10(17)16-11-7-8-13(14(18)9-11)15(19)20-12-5-3-2-4-6-12/h2-9,18H,1H3,(H,16,17). The molecule has 0 saturated carbocycles. The van der Waals surface area contributed by atoms with Gasteiger partial charge in [-0.25, -0.2) is 4.79 Å². The van der Waals surface area contributed by atoms with Crippen LogP contribution in [0.1, 0.15) is 17.3 Å². The summed E-state index contributed by atoms with van der Waals surface area (Å²) in [7, 11) is 0. The van der Waals surface area contributed by atoms with Crippen LogP contribution in [-0.2, 0) is 4.79 Å². The Morgan fingerprint density at radius 3 is 2.40 bits per heavy atom. The molecule has 1 amide bonds. The highest BCUT2D eigenvalue weighted by molar-refractivity contribution is 5.95. The van der Waals surface area contributed by atoms with E-state index in [-0.39, 0.29) is 17.2 Å². The number of benzene rings is 2. The van der Waals surface area contributed by atoms with Crippen LogP contribution in [0.15, 0.2) is 48.5 Å². The number of carbonyl (C=O) groups is 2. The van der Waals surface area contributed by atoms with Gasteiger partial charge in [0.2, 0.25) is 5.91 Å². The van der Waals surface area contributed by atoms with Crippen molar-refractivity contribution < 1.29 is 19.4 Å². The van der Waals surface area contributed by atoms with Crippen LogP contribution < -0.4 is 10.1 Å². The lowest BCUT2D eigenvalue weighted by Crippen LogP contribution is -2.10. The number of ether oxygens (including phenoxy) is 1. The Balaban J connectivity index is 2.16. The molecule has 2 rings (SSSR count). The van der Waals surface area contributed by atoms with E-state index in [1.165, 1.54) is 25.1 Å². The lowest BCUT2D eigenvalue weighted by molar-refractivity contribution is -0.114. The lowest BCUT2D eigenvalue weighted by atomic mass is 10.2. The number of hydrogen-bond donors (Lipinski definition) is 2. The molecule has 0 spiro atoms. The first kappa shape index (κ1) is 13.6. The maximum atomic E-state index is 11.9. The molecule has 0 heterocycles. The third-order valence-electron chi connectivity index (χ3n) is 2.49. The van der Waals surface area contributed by atoms with Gasteiger partial charge in [0.1, 0.15) is 17.1 Å². The first-order valence-corrected chi connectivity index (χ1v) is 5.94. The van der Waals surface area contributed by atoms with Gasteiger partial charge in [0.25, 0.3) is 0 Å². The van der Waals surface area contributed by atoms with Crippen LogP contribution in [0.25, 0.3) is 0 Å².